The van der Waals surface area contributed by atoms with Gasteiger partial charge in [-0.25, -0.2) is 9.78 Å². The highest BCUT2D eigenvalue weighted by Gasteiger charge is 2.20. The van der Waals surface area contributed by atoms with Crippen molar-refractivity contribution in [3.05, 3.63) is 45.4 Å². The van der Waals surface area contributed by atoms with Crippen LogP contribution in [0.1, 0.15) is 59.7 Å². The molecule has 0 saturated carbocycles. The molecule has 8 heteroatoms. The average Bonchev–Trinajstić information content (AvgIpc) is 3.12. The van der Waals surface area contributed by atoms with Crippen LogP contribution in [0.2, 0.25) is 0 Å². The molecule has 0 fully saturated rings. The number of para-hydroxylation sites is 1. The molecule has 1 atom stereocenters. The Morgan fingerprint density at radius 1 is 1.23 bits per heavy atom. The van der Waals surface area contributed by atoms with Crippen LogP contribution in [0.5, 0.6) is 5.75 Å². The summed E-state index contributed by atoms with van der Waals surface area (Å²) in [5, 5.41) is 7.46. The third-order valence-electron chi connectivity index (χ3n) is 4.27. The van der Waals surface area contributed by atoms with E-state index in [9.17, 15) is 4.79 Å². The minimum absolute atomic E-state index is 0.0922. The topological polar surface area (TPSA) is 84.8 Å². The maximum Gasteiger partial charge on any atom is 0.350 e. The molecule has 7 nitrogen and oxygen atoms in total. The molecule has 0 spiro atoms. The SMILES string of the molecule is CCNC(=NCCc1ccccc1OCC)NC(C)c1nc(C)c(C(=O)OCC)s1. The smallest absolute Gasteiger partial charge is 0.350 e. The van der Waals surface area contributed by atoms with Crippen molar-refractivity contribution in [3.8, 4) is 5.75 Å². The molecule has 0 radical (unpaired) electrons. The Hall–Kier alpha value is -2.61. The summed E-state index contributed by atoms with van der Waals surface area (Å²) in [4.78, 5) is 21.8. The lowest BCUT2D eigenvalue weighted by Crippen LogP contribution is -2.38. The standard InChI is InChI=1S/C22H32N4O3S/c1-6-23-22(24-14-13-17-11-9-10-12-18(17)28-7-2)26-16(5)20-25-15(4)19(30-20)21(27)29-8-3/h9-12,16H,6-8,13-14H2,1-5H3,(H2,23,24,26). The molecule has 1 heterocycles. The lowest BCUT2D eigenvalue weighted by Gasteiger charge is -2.16. The molecule has 0 saturated heterocycles. The van der Waals surface area contributed by atoms with Gasteiger partial charge in [-0.1, -0.05) is 18.2 Å². The maximum atomic E-state index is 12.1. The molecule has 2 rings (SSSR count). The van der Waals surface area contributed by atoms with Crippen LogP contribution in [0.3, 0.4) is 0 Å². The van der Waals surface area contributed by atoms with E-state index < -0.39 is 0 Å². The van der Waals surface area contributed by atoms with Crippen molar-refractivity contribution < 1.29 is 14.3 Å². The van der Waals surface area contributed by atoms with Gasteiger partial charge in [-0.05, 0) is 52.7 Å². The molecule has 164 valence electrons. The van der Waals surface area contributed by atoms with E-state index in [0.717, 1.165) is 29.3 Å². The fraction of sp³-hybridized carbons (Fsp3) is 0.500. The predicted octanol–water partition coefficient (Wildman–Crippen LogP) is 3.89. The van der Waals surface area contributed by atoms with Crippen molar-refractivity contribution in [2.75, 3.05) is 26.3 Å². The number of benzene rings is 1. The van der Waals surface area contributed by atoms with Crippen LogP contribution in [-0.2, 0) is 11.2 Å². The highest BCUT2D eigenvalue weighted by molar-refractivity contribution is 7.13. The minimum atomic E-state index is -0.320. The number of aliphatic imine (C=N–C) groups is 1. The van der Waals surface area contributed by atoms with Gasteiger partial charge in [0, 0.05) is 13.1 Å². The van der Waals surface area contributed by atoms with E-state index in [1.807, 2.05) is 45.9 Å². The number of guanidine groups is 1. The number of carbonyl (C=O) groups excluding carboxylic acids is 1. The Morgan fingerprint density at radius 3 is 2.70 bits per heavy atom. The van der Waals surface area contributed by atoms with Crippen molar-refractivity contribution in [2.45, 2.75) is 47.1 Å². The van der Waals surface area contributed by atoms with Gasteiger partial charge in [0.2, 0.25) is 0 Å². The summed E-state index contributed by atoms with van der Waals surface area (Å²) < 4.78 is 10.8. The maximum absolute atomic E-state index is 12.1. The molecule has 1 unspecified atom stereocenters. The molecule has 2 aromatic rings. The summed E-state index contributed by atoms with van der Waals surface area (Å²) in [6.07, 6.45) is 0.782. The number of hydrogen-bond donors (Lipinski definition) is 2. The minimum Gasteiger partial charge on any atom is -0.494 e. The summed E-state index contributed by atoms with van der Waals surface area (Å²) in [7, 11) is 0. The zero-order valence-electron chi connectivity index (χ0n) is 18.4. The van der Waals surface area contributed by atoms with Crippen molar-refractivity contribution in [1.29, 1.82) is 0 Å². The summed E-state index contributed by atoms with van der Waals surface area (Å²) in [6.45, 7) is 12.0. The molecule has 30 heavy (non-hydrogen) atoms. The number of aryl methyl sites for hydroxylation is 1. The Morgan fingerprint density at radius 2 is 2.00 bits per heavy atom. The highest BCUT2D eigenvalue weighted by Crippen LogP contribution is 2.24. The predicted molar refractivity (Wildman–Crippen MR) is 122 cm³/mol. The number of nitrogens with one attached hydrogen (secondary N) is 2. The first-order chi connectivity index (χ1) is 14.5. The molecule has 0 bridgehead atoms. The molecule has 1 aromatic heterocycles. The fourth-order valence-electron chi connectivity index (χ4n) is 2.87. The molecule has 0 aliphatic heterocycles. The van der Waals surface area contributed by atoms with Gasteiger partial charge < -0.3 is 20.1 Å². The first-order valence-corrected chi connectivity index (χ1v) is 11.2. The number of nitrogens with zero attached hydrogens (tertiary/aromatic N) is 2. The van der Waals surface area contributed by atoms with Crippen LogP contribution in [0.25, 0.3) is 0 Å². The quantitative estimate of drug-likeness (QED) is 0.337. The van der Waals surface area contributed by atoms with Crippen molar-refractivity contribution in [1.82, 2.24) is 15.6 Å². The van der Waals surface area contributed by atoms with Crippen molar-refractivity contribution >= 4 is 23.3 Å². The third-order valence-corrected chi connectivity index (χ3v) is 5.59. The van der Waals surface area contributed by atoms with Crippen LogP contribution in [0.15, 0.2) is 29.3 Å². The number of esters is 1. The van der Waals surface area contributed by atoms with E-state index in [2.05, 4.69) is 21.7 Å². The second kappa shape index (κ2) is 12.2. The van der Waals surface area contributed by atoms with Gasteiger partial charge in [0.25, 0.3) is 0 Å². The molecule has 0 aliphatic rings. The zero-order valence-corrected chi connectivity index (χ0v) is 19.3. The number of carbonyl (C=O) groups is 1. The van der Waals surface area contributed by atoms with Gasteiger partial charge in [0.15, 0.2) is 5.96 Å². The van der Waals surface area contributed by atoms with Gasteiger partial charge >= 0.3 is 5.97 Å². The van der Waals surface area contributed by atoms with Crippen molar-refractivity contribution in [2.24, 2.45) is 4.99 Å². The highest BCUT2D eigenvalue weighted by atomic mass is 32.1. The normalized spacial score (nSPS) is 12.4. The van der Waals surface area contributed by atoms with E-state index in [-0.39, 0.29) is 12.0 Å². The van der Waals surface area contributed by atoms with Crippen LogP contribution in [-0.4, -0.2) is 43.2 Å². The Balaban J connectivity index is 2.04. The van der Waals surface area contributed by atoms with E-state index >= 15 is 0 Å². The molecule has 1 aromatic carbocycles. The summed E-state index contributed by atoms with van der Waals surface area (Å²) >= 11 is 1.36. The first-order valence-electron chi connectivity index (χ1n) is 10.4. The van der Waals surface area contributed by atoms with E-state index in [0.29, 0.717) is 36.3 Å². The van der Waals surface area contributed by atoms with Gasteiger partial charge in [0.05, 0.1) is 24.9 Å². The monoisotopic (exact) mass is 432 g/mol. The lowest BCUT2D eigenvalue weighted by molar-refractivity contribution is 0.0531. The van der Waals surface area contributed by atoms with Gasteiger partial charge in [-0.15, -0.1) is 11.3 Å². The number of ether oxygens (including phenoxy) is 2. The molecular formula is C22H32N4O3S. The van der Waals surface area contributed by atoms with Crippen molar-refractivity contribution in [3.63, 3.8) is 0 Å². The lowest BCUT2D eigenvalue weighted by atomic mass is 10.1. The van der Waals surface area contributed by atoms with Crippen LogP contribution in [0.4, 0.5) is 0 Å². The number of thiazole rings is 1. The molecule has 0 aliphatic carbocycles. The second-order valence-electron chi connectivity index (χ2n) is 6.60. The van der Waals surface area contributed by atoms with Gasteiger partial charge in [0.1, 0.15) is 15.6 Å². The largest absolute Gasteiger partial charge is 0.494 e. The van der Waals surface area contributed by atoms with E-state index in [1.54, 1.807) is 6.92 Å². The average molecular weight is 433 g/mol. The first kappa shape index (κ1) is 23.7. The number of rotatable bonds is 10. The van der Waals surface area contributed by atoms with Crippen LogP contribution < -0.4 is 15.4 Å². The van der Waals surface area contributed by atoms with Gasteiger partial charge in [-0.3, -0.25) is 4.99 Å². The fourth-order valence-corrected chi connectivity index (χ4v) is 3.83. The van der Waals surface area contributed by atoms with E-state index in [1.165, 1.54) is 11.3 Å². The summed E-state index contributed by atoms with van der Waals surface area (Å²) in [5.74, 6) is 1.30. The van der Waals surface area contributed by atoms with Crippen LogP contribution in [0, 0.1) is 6.92 Å². The van der Waals surface area contributed by atoms with E-state index in [4.69, 9.17) is 14.5 Å². The summed E-state index contributed by atoms with van der Waals surface area (Å²) in [5.41, 5.74) is 1.83. The Kier molecular flexibility index (Phi) is 9.60. The third kappa shape index (κ3) is 6.73. The Bertz CT molecular complexity index is 851. The summed E-state index contributed by atoms with van der Waals surface area (Å²) in [6, 6.07) is 7.95. The van der Waals surface area contributed by atoms with Crippen LogP contribution >= 0.6 is 11.3 Å². The molecule has 0 amide bonds. The van der Waals surface area contributed by atoms with Gasteiger partial charge in [-0.2, -0.15) is 0 Å². The Labute approximate surface area is 182 Å². The molecular weight excluding hydrogens is 400 g/mol. The number of aromatic nitrogens is 1. The zero-order chi connectivity index (χ0) is 21.9. The number of hydrogen-bond acceptors (Lipinski definition) is 6. The molecule has 2 N–H and O–H groups in total. The second-order valence-corrected chi connectivity index (χ2v) is 7.64.